The maximum absolute atomic E-state index is 5.44. The molecule has 0 saturated carbocycles. The molecule has 3 rings (SSSR count). The van der Waals surface area contributed by atoms with Gasteiger partial charge < -0.3 is 15.0 Å². The fourth-order valence-electron chi connectivity index (χ4n) is 2.52. The standard InChI is InChI=1S/C18H24N4O/c1-3-14(2)19-17-13-16(15-7-5-4-6-8-15)20-18(21-17)22-9-11-23-12-10-22/h4-8,13-14H,3,9-12H2,1-2H3,(H,19,20,21). The van der Waals surface area contributed by atoms with Gasteiger partial charge in [-0.1, -0.05) is 37.3 Å². The molecule has 1 saturated heterocycles. The van der Waals surface area contributed by atoms with Gasteiger partial charge in [0, 0.05) is 30.8 Å². The molecule has 1 N–H and O–H groups in total. The summed E-state index contributed by atoms with van der Waals surface area (Å²) in [5, 5.41) is 3.47. The van der Waals surface area contributed by atoms with E-state index in [2.05, 4.69) is 36.2 Å². The van der Waals surface area contributed by atoms with Crippen molar-refractivity contribution in [3.05, 3.63) is 36.4 Å². The molecule has 1 fully saturated rings. The smallest absolute Gasteiger partial charge is 0.228 e. The van der Waals surface area contributed by atoms with Gasteiger partial charge in [-0.2, -0.15) is 4.98 Å². The van der Waals surface area contributed by atoms with Crippen LogP contribution < -0.4 is 10.2 Å². The third-order valence-electron chi connectivity index (χ3n) is 4.08. The molecule has 2 aromatic rings. The Hall–Kier alpha value is -2.14. The Bertz CT molecular complexity index is 626. The molecule has 1 aliphatic rings. The Morgan fingerprint density at radius 2 is 1.91 bits per heavy atom. The topological polar surface area (TPSA) is 50.3 Å². The first-order chi connectivity index (χ1) is 11.3. The minimum absolute atomic E-state index is 0.381. The Labute approximate surface area is 137 Å². The van der Waals surface area contributed by atoms with E-state index >= 15 is 0 Å². The van der Waals surface area contributed by atoms with E-state index in [1.165, 1.54) is 0 Å². The number of rotatable bonds is 5. The van der Waals surface area contributed by atoms with Crippen LogP contribution in [0.1, 0.15) is 20.3 Å². The molecule has 1 atom stereocenters. The zero-order chi connectivity index (χ0) is 16.1. The Balaban J connectivity index is 1.96. The van der Waals surface area contributed by atoms with Crippen LogP contribution in [0.25, 0.3) is 11.3 Å². The van der Waals surface area contributed by atoms with Gasteiger partial charge in [0.25, 0.3) is 0 Å². The van der Waals surface area contributed by atoms with Crippen molar-refractivity contribution in [2.75, 3.05) is 36.5 Å². The van der Waals surface area contributed by atoms with Gasteiger partial charge >= 0.3 is 0 Å². The lowest BCUT2D eigenvalue weighted by molar-refractivity contribution is 0.122. The molecule has 122 valence electrons. The molecule has 23 heavy (non-hydrogen) atoms. The van der Waals surface area contributed by atoms with Crippen LogP contribution in [0.3, 0.4) is 0 Å². The van der Waals surface area contributed by atoms with E-state index in [0.29, 0.717) is 6.04 Å². The van der Waals surface area contributed by atoms with Gasteiger partial charge in [-0.05, 0) is 13.3 Å². The predicted octanol–water partition coefficient (Wildman–Crippen LogP) is 3.19. The number of morpholine rings is 1. The van der Waals surface area contributed by atoms with Crippen LogP contribution in [0.2, 0.25) is 0 Å². The fraction of sp³-hybridized carbons (Fsp3) is 0.444. The zero-order valence-electron chi connectivity index (χ0n) is 13.8. The number of nitrogens with zero attached hydrogens (tertiary/aromatic N) is 3. The molecular weight excluding hydrogens is 288 g/mol. The first kappa shape index (κ1) is 15.7. The van der Waals surface area contributed by atoms with Gasteiger partial charge in [0.15, 0.2) is 0 Å². The molecule has 0 aliphatic carbocycles. The molecule has 2 heterocycles. The maximum atomic E-state index is 5.44. The summed E-state index contributed by atoms with van der Waals surface area (Å²) in [6.07, 6.45) is 1.05. The zero-order valence-corrected chi connectivity index (χ0v) is 13.8. The number of nitrogens with one attached hydrogen (secondary N) is 1. The Kier molecular flexibility index (Phi) is 5.08. The average molecular weight is 312 g/mol. The van der Waals surface area contributed by atoms with E-state index in [-0.39, 0.29) is 0 Å². The van der Waals surface area contributed by atoms with Crippen LogP contribution in [-0.2, 0) is 4.74 Å². The molecule has 0 bridgehead atoms. The molecule has 1 aromatic carbocycles. The molecule has 5 nitrogen and oxygen atoms in total. The molecule has 0 spiro atoms. The van der Waals surface area contributed by atoms with Gasteiger partial charge in [0.1, 0.15) is 5.82 Å². The van der Waals surface area contributed by atoms with E-state index in [1.807, 2.05) is 24.3 Å². The van der Waals surface area contributed by atoms with Crippen molar-refractivity contribution in [2.24, 2.45) is 0 Å². The van der Waals surface area contributed by atoms with Crippen molar-refractivity contribution >= 4 is 11.8 Å². The third-order valence-corrected chi connectivity index (χ3v) is 4.08. The second-order valence-corrected chi connectivity index (χ2v) is 5.86. The van der Waals surface area contributed by atoms with E-state index in [0.717, 1.165) is 55.7 Å². The lowest BCUT2D eigenvalue weighted by atomic mass is 10.1. The van der Waals surface area contributed by atoms with Gasteiger partial charge in [-0.15, -0.1) is 0 Å². The third kappa shape index (κ3) is 3.99. The van der Waals surface area contributed by atoms with Crippen LogP contribution in [0, 0.1) is 0 Å². The normalized spacial score (nSPS) is 16.2. The summed E-state index contributed by atoms with van der Waals surface area (Å²) in [6, 6.07) is 12.7. The largest absolute Gasteiger partial charge is 0.378 e. The van der Waals surface area contributed by atoms with Crippen LogP contribution in [0.15, 0.2) is 36.4 Å². The Morgan fingerprint density at radius 1 is 1.17 bits per heavy atom. The van der Waals surface area contributed by atoms with Crippen molar-refractivity contribution in [3.8, 4) is 11.3 Å². The van der Waals surface area contributed by atoms with Crippen LogP contribution in [0.4, 0.5) is 11.8 Å². The molecule has 0 radical (unpaired) electrons. The summed E-state index contributed by atoms with van der Waals surface area (Å²) in [5.41, 5.74) is 2.06. The fourth-order valence-corrected chi connectivity index (χ4v) is 2.52. The van der Waals surface area contributed by atoms with Crippen molar-refractivity contribution in [1.29, 1.82) is 0 Å². The SMILES string of the molecule is CCC(C)Nc1cc(-c2ccccc2)nc(N2CCOCC2)n1. The lowest BCUT2D eigenvalue weighted by Gasteiger charge is -2.27. The van der Waals surface area contributed by atoms with Crippen molar-refractivity contribution in [3.63, 3.8) is 0 Å². The minimum Gasteiger partial charge on any atom is -0.378 e. The van der Waals surface area contributed by atoms with Crippen molar-refractivity contribution in [1.82, 2.24) is 9.97 Å². The van der Waals surface area contributed by atoms with E-state index in [4.69, 9.17) is 14.7 Å². The summed E-state index contributed by atoms with van der Waals surface area (Å²) < 4.78 is 5.44. The second-order valence-electron chi connectivity index (χ2n) is 5.86. The average Bonchev–Trinajstić information content (AvgIpc) is 2.63. The summed E-state index contributed by atoms with van der Waals surface area (Å²) in [6.45, 7) is 7.46. The number of benzene rings is 1. The van der Waals surface area contributed by atoms with Gasteiger partial charge in [-0.3, -0.25) is 0 Å². The van der Waals surface area contributed by atoms with Crippen molar-refractivity contribution < 1.29 is 4.74 Å². The summed E-state index contributed by atoms with van der Waals surface area (Å²) in [4.78, 5) is 11.7. The van der Waals surface area contributed by atoms with Crippen LogP contribution in [-0.4, -0.2) is 42.3 Å². The van der Waals surface area contributed by atoms with E-state index < -0.39 is 0 Å². The molecular formula is C18H24N4O. The molecule has 1 unspecified atom stereocenters. The number of hydrogen-bond acceptors (Lipinski definition) is 5. The number of ether oxygens (including phenoxy) is 1. The Morgan fingerprint density at radius 3 is 2.61 bits per heavy atom. The second kappa shape index (κ2) is 7.42. The van der Waals surface area contributed by atoms with Gasteiger partial charge in [0.05, 0.1) is 18.9 Å². The summed E-state index contributed by atoms with van der Waals surface area (Å²) in [7, 11) is 0. The quantitative estimate of drug-likeness (QED) is 0.919. The summed E-state index contributed by atoms with van der Waals surface area (Å²) in [5.74, 6) is 1.66. The highest BCUT2D eigenvalue weighted by molar-refractivity contribution is 5.64. The van der Waals surface area contributed by atoms with Gasteiger partial charge in [0.2, 0.25) is 5.95 Å². The molecule has 1 aromatic heterocycles. The monoisotopic (exact) mass is 312 g/mol. The molecule has 1 aliphatic heterocycles. The number of anilines is 2. The lowest BCUT2D eigenvalue weighted by Crippen LogP contribution is -2.37. The maximum Gasteiger partial charge on any atom is 0.228 e. The highest BCUT2D eigenvalue weighted by Gasteiger charge is 2.16. The predicted molar refractivity (Wildman–Crippen MR) is 93.9 cm³/mol. The van der Waals surface area contributed by atoms with Crippen molar-refractivity contribution in [2.45, 2.75) is 26.3 Å². The highest BCUT2D eigenvalue weighted by Crippen LogP contribution is 2.23. The number of aromatic nitrogens is 2. The van der Waals surface area contributed by atoms with Crippen LogP contribution >= 0.6 is 0 Å². The van der Waals surface area contributed by atoms with Gasteiger partial charge in [-0.25, -0.2) is 4.98 Å². The highest BCUT2D eigenvalue weighted by atomic mass is 16.5. The molecule has 0 amide bonds. The van der Waals surface area contributed by atoms with E-state index in [1.54, 1.807) is 0 Å². The molecule has 5 heteroatoms. The number of hydrogen-bond donors (Lipinski definition) is 1. The first-order valence-electron chi connectivity index (χ1n) is 8.30. The minimum atomic E-state index is 0.381. The van der Waals surface area contributed by atoms with Crippen LogP contribution in [0.5, 0.6) is 0 Å². The first-order valence-corrected chi connectivity index (χ1v) is 8.30. The summed E-state index contributed by atoms with van der Waals surface area (Å²) >= 11 is 0. The van der Waals surface area contributed by atoms with E-state index in [9.17, 15) is 0 Å².